The molecule has 0 spiro atoms. The highest BCUT2D eigenvalue weighted by molar-refractivity contribution is 6.62. The van der Waals surface area contributed by atoms with Crippen molar-refractivity contribution in [3.05, 3.63) is 0 Å². The third kappa shape index (κ3) is 1.79. The first-order valence-electron chi connectivity index (χ1n) is 3.28. The standard InChI is InChI=1S/C6H16O3Si/c1-6(2)10(7-3,8-4)9-5/h6H,1-5H3. The van der Waals surface area contributed by atoms with Crippen LogP contribution in [0.2, 0.25) is 5.54 Å². The van der Waals surface area contributed by atoms with Crippen molar-refractivity contribution in [1.29, 1.82) is 0 Å². The normalized spacial score (nSPS) is 12.6. The van der Waals surface area contributed by atoms with Gasteiger partial charge in [0, 0.05) is 26.9 Å². The van der Waals surface area contributed by atoms with E-state index >= 15 is 0 Å². The molecule has 0 aromatic heterocycles. The fourth-order valence-electron chi connectivity index (χ4n) is 0.957. The van der Waals surface area contributed by atoms with Crippen molar-refractivity contribution < 1.29 is 13.3 Å². The van der Waals surface area contributed by atoms with E-state index in [2.05, 4.69) is 0 Å². The van der Waals surface area contributed by atoms with Gasteiger partial charge < -0.3 is 13.3 Å². The monoisotopic (exact) mass is 164 g/mol. The maximum Gasteiger partial charge on any atom is 0.502 e. The summed E-state index contributed by atoms with van der Waals surface area (Å²) in [5.41, 5.74) is 0.312. The Bertz CT molecular complexity index is 82.7. The lowest BCUT2D eigenvalue weighted by molar-refractivity contribution is 0.115. The molecule has 0 amide bonds. The van der Waals surface area contributed by atoms with E-state index in [0.29, 0.717) is 5.54 Å². The molecule has 62 valence electrons. The van der Waals surface area contributed by atoms with Crippen LogP contribution in [-0.2, 0) is 13.3 Å². The van der Waals surface area contributed by atoms with Crippen LogP contribution in [0.15, 0.2) is 0 Å². The molecule has 0 radical (unpaired) electrons. The molecule has 10 heavy (non-hydrogen) atoms. The molecule has 0 bridgehead atoms. The molecule has 0 aliphatic rings. The van der Waals surface area contributed by atoms with Gasteiger partial charge in [0.25, 0.3) is 0 Å². The minimum absolute atomic E-state index is 0.312. The smallest absolute Gasteiger partial charge is 0.377 e. The van der Waals surface area contributed by atoms with Crippen molar-refractivity contribution in [2.75, 3.05) is 21.3 Å². The van der Waals surface area contributed by atoms with Gasteiger partial charge in [-0.2, -0.15) is 0 Å². The molecule has 0 aromatic carbocycles. The first kappa shape index (κ1) is 10.1. The lowest BCUT2D eigenvalue weighted by Gasteiger charge is -2.27. The average Bonchev–Trinajstić information content (AvgIpc) is 1.92. The van der Waals surface area contributed by atoms with Gasteiger partial charge in [0.1, 0.15) is 0 Å². The summed E-state index contributed by atoms with van der Waals surface area (Å²) in [5, 5.41) is 0. The Hall–Kier alpha value is 0.0969. The highest BCUT2D eigenvalue weighted by Crippen LogP contribution is 2.21. The van der Waals surface area contributed by atoms with Crippen LogP contribution in [0.1, 0.15) is 13.8 Å². The molecule has 0 fully saturated rings. The van der Waals surface area contributed by atoms with E-state index in [1.807, 2.05) is 13.8 Å². The lowest BCUT2D eigenvalue weighted by Crippen LogP contribution is -2.45. The molecule has 0 atom stereocenters. The summed E-state index contributed by atoms with van der Waals surface area (Å²) < 4.78 is 15.6. The van der Waals surface area contributed by atoms with Crippen LogP contribution >= 0.6 is 0 Å². The average molecular weight is 164 g/mol. The molecular formula is C6H16O3Si. The maximum absolute atomic E-state index is 5.19. The molecule has 0 saturated heterocycles. The number of rotatable bonds is 4. The third-order valence-electron chi connectivity index (χ3n) is 1.56. The van der Waals surface area contributed by atoms with Crippen LogP contribution in [-0.4, -0.2) is 30.1 Å². The van der Waals surface area contributed by atoms with Gasteiger partial charge in [-0.25, -0.2) is 0 Å². The van der Waals surface area contributed by atoms with Gasteiger partial charge in [-0.3, -0.25) is 0 Å². The van der Waals surface area contributed by atoms with E-state index in [1.165, 1.54) is 0 Å². The number of hydrogen-bond acceptors (Lipinski definition) is 3. The zero-order chi connectivity index (χ0) is 8.20. The molecular weight excluding hydrogens is 148 g/mol. The molecule has 4 heteroatoms. The zero-order valence-corrected chi connectivity index (χ0v) is 8.30. The Balaban J connectivity index is 4.15. The van der Waals surface area contributed by atoms with E-state index in [1.54, 1.807) is 21.3 Å². The van der Waals surface area contributed by atoms with Gasteiger partial charge in [0.05, 0.1) is 0 Å². The molecule has 0 heterocycles. The summed E-state index contributed by atoms with van der Waals surface area (Å²) in [7, 11) is 2.58. The minimum Gasteiger partial charge on any atom is -0.377 e. The summed E-state index contributed by atoms with van der Waals surface area (Å²) in [5.74, 6) is 0. The molecule has 0 aliphatic heterocycles. The van der Waals surface area contributed by atoms with Gasteiger partial charge in [0.15, 0.2) is 0 Å². The summed E-state index contributed by atoms with van der Waals surface area (Å²) >= 11 is 0. The Kier molecular flexibility index (Phi) is 4.11. The van der Waals surface area contributed by atoms with Crippen molar-refractivity contribution >= 4 is 8.80 Å². The van der Waals surface area contributed by atoms with Crippen molar-refractivity contribution in [2.45, 2.75) is 19.4 Å². The van der Waals surface area contributed by atoms with E-state index in [4.69, 9.17) is 13.3 Å². The molecule has 0 rings (SSSR count). The molecule has 0 aliphatic carbocycles. The molecule has 0 aromatic rings. The molecule has 0 N–H and O–H groups in total. The van der Waals surface area contributed by atoms with Crippen molar-refractivity contribution in [2.24, 2.45) is 0 Å². The zero-order valence-electron chi connectivity index (χ0n) is 7.30. The van der Waals surface area contributed by atoms with Gasteiger partial charge in [-0.15, -0.1) is 0 Å². The van der Waals surface area contributed by atoms with Crippen LogP contribution in [0.4, 0.5) is 0 Å². The van der Waals surface area contributed by atoms with E-state index in [0.717, 1.165) is 0 Å². The third-order valence-corrected chi connectivity index (χ3v) is 4.68. The summed E-state index contributed by atoms with van der Waals surface area (Å²) in [6, 6.07) is 0. The molecule has 3 nitrogen and oxygen atoms in total. The maximum atomic E-state index is 5.19. The Morgan fingerprint density at radius 3 is 1.20 bits per heavy atom. The second-order valence-corrected chi connectivity index (χ2v) is 5.96. The fraction of sp³-hybridized carbons (Fsp3) is 1.00. The SMILES string of the molecule is CO[Si](OC)(OC)C(C)C. The summed E-state index contributed by atoms with van der Waals surface area (Å²) in [6.45, 7) is 4.06. The number of hydrogen-bond donors (Lipinski definition) is 0. The second kappa shape index (κ2) is 4.08. The van der Waals surface area contributed by atoms with Crippen molar-refractivity contribution in [3.63, 3.8) is 0 Å². The van der Waals surface area contributed by atoms with Crippen LogP contribution < -0.4 is 0 Å². The fourth-order valence-corrected chi connectivity index (χ4v) is 2.87. The molecule has 0 unspecified atom stereocenters. The highest BCUT2D eigenvalue weighted by Gasteiger charge is 2.41. The van der Waals surface area contributed by atoms with Crippen LogP contribution in [0.3, 0.4) is 0 Å². The topological polar surface area (TPSA) is 27.7 Å². The van der Waals surface area contributed by atoms with Gasteiger partial charge >= 0.3 is 8.80 Å². The predicted molar refractivity (Wildman–Crippen MR) is 41.9 cm³/mol. The Morgan fingerprint density at radius 2 is 1.20 bits per heavy atom. The minimum atomic E-state index is -2.29. The van der Waals surface area contributed by atoms with Gasteiger partial charge in [0.2, 0.25) is 0 Å². The molecule has 0 saturated carbocycles. The van der Waals surface area contributed by atoms with Crippen molar-refractivity contribution in [1.82, 2.24) is 0 Å². The summed E-state index contributed by atoms with van der Waals surface area (Å²) in [6.07, 6.45) is 0. The predicted octanol–water partition coefficient (Wildman–Crippen LogP) is 1.27. The lowest BCUT2D eigenvalue weighted by atomic mass is 10.6. The second-order valence-electron chi connectivity index (χ2n) is 2.37. The van der Waals surface area contributed by atoms with Crippen molar-refractivity contribution in [3.8, 4) is 0 Å². The first-order chi connectivity index (χ1) is 4.63. The van der Waals surface area contributed by atoms with E-state index < -0.39 is 8.80 Å². The Morgan fingerprint density at radius 1 is 0.900 bits per heavy atom. The summed E-state index contributed by atoms with van der Waals surface area (Å²) in [4.78, 5) is 0. The van der Waals surface area contributed by atoms with Crippen LogP contribution in [0.25, 0.3) is 0 Å². The van der Waals surface area contributed by atoms with E-state index in [-0.39, 0.29) is 0 Å². The van der Waals surface area contributed by atoms with Crippen LogP contribution in [0, 0.1) is 0 Å². The first-order valence-corrected chi connectivity index (χ1v) is 5.08. The Labute approximate surface area is 63.7 Å². The van der Waals surface area contributed by atoms with Gasteiger partial charge in [-0.05, 0) is 0 Å². The van der Waals surface area contributed by atoms with Gasteiger partial charge in [-0.1, -0.05) is 13.8 Å². The quantitative estimate of drug-likeness (QED) is 0.586. The van der Waals surface area contributed by atoms with Crippen LogP contribution in [0.5, 0.6) is 0 Å². The van der Waals surface area contributed by atoms with E-state index in [9.17, 15) is 0 Å². The highest BCUT2D eigenvalue weighted by atomic mass is 28.4. The largest absolute Gasteiger partial charge is 0.502 e.